The van der Waals surface area contributed by atoms with Crippen LogP contribution in [0, 0.1) is 0 Å². The predicted octanol–water partition coefficient (Wildman–Crippen LogP) is 2.38. The molecule has 2 aromatic heterocycles. The van der Waals surface area contributed by atoms with E-state index in [1.807, 2.05) is 18.5 Å². The van der Waals surface area contributed by atoms with Crippen molar-refractivity contribution >= 4 is 0 Å². The molecule has 4 heteroatoms. The molecule has 0 amide bonds. The minimum atomic E-state index is 0.522. The van der Waals surface area contributed by atoms with Crippen LogP contribution in [0.4, 0.5) is 0 Å². The third-order valence-electron chi connectivity index (χ3n) is 3.57. The van der Waals surface area contributed by atoms with Crippen LogP contribution in [0.1, 0.15) is 24.6 Å². The summed E-state index contributed by atoms with van der Waals surface area (Å²) in [5.74, 6) is 1.69. The number of hydrogen-bond acceptors (Lipinski definition) is 3. The lowest BCUT2D eigenvalue weighted by Gasteiger charge is -2.21. The highest BCUT2D eigenvalue weighted by Gasteiger charge is 2.21. The third kappa shape index (κ3) is 2.04. The lowest BCUT2D eigenvalue weighted by molar-refractivity contribution is 0.0830. The first-order valence-corrected chi connectivity index (χ1v) is 6.36. The minimum Gasteiger partial charge on any atom is -0.381 e. The van der Waals surface area contributed by atoms with Gasteiger partial charge in [0.2, 0.25) is 0 Å². The molecule has 1 aliphatic rings. The number of ether oxygens (including phenoxy) is 1. The molecule has 0 unspecified atom stereocenters. The maximum atomic E-state index is 5.41. The Balaban J connectivity index is 1.92. The summed E-state index contributed by atoms with van der Waals surface area (Å²) in [4.78, 5) is 8.76. The van der Waals surface area contributed by atoms with Gasteiger partial charge in [-0.15, -0.1) is 0 Å². The van der Waals surface area contributed by atoms with E-state index in [4.69, 9.17) is 4.74 Å². The molecule has 18 heavy (non-hydrogen) atoms. The Morgan fingerprint density at radius 3 is 2.83 bits per heavy atom. The van der Waals surface area contributed by atoms with Gasteiger partial charge in [0.15, 0.2) is 0 Å². The molecule has 1 saturated heterocycles. The van der Waals surface area contributed by atoms with Crippen LogP contribution in [0.3, 0.4) is 0 Å². The first-order valence-electron chi connectivity index (χ1n) is 6.36. The zero-order valence-corrected chi connectivity index (χ0v) is 10.5. The van der Waals surface area contributed by atoms with Crippen LogP contribution in [-0.2, 0) is 11.8 Å². The van der Waals surface area contributed by atoms with Gasteiger partial charge in [0, 0.05) is 44.1 Å². The van der Waals surface area contributed by atoms with Crippen molar-refractivity contribution in [2.24, 2.45) is 7.05 Å². The number of hydrogen-bond donors (Lipinski definition) is 0. The molecule has 0 bridgehead atoms. The van der Waals surface area contributed by atoms with Crippen LogP contribution in [0.15, 0.2) is 30.7 Å². The van der Waals surface area contributed by atoms with Crippen molar-refractivity contribution in [2.75, 3.05) is 13.2 Å². The molecule has 94 valence electrons. The van der Waals surface area contributed by atoms with Crippen molar-refractivity contribution in [2.45, 2.75) is 18.8 Å². The molecule has 0 saturated carbocycles. The van der Waals surface area contributed by atoms with Gasteiger partial charge in [-0.05, 0) is 25.0 Å². The van der Waals surface area contributed by atoms with Gasteiger partial charge < -0.3 is 9.30 Å². The number of pyridine rings is 1. The first kappa shape index (κ1) is 11.4. The maximum Gasteiger partial charge on any atom is 0.112 e. The second-order valence-corrected chi connectivity index (χ2v) is 4.69. The highest BCUT2D eigenvalue weighted by molar-refractivity contribution is 5.57. The molecule has 3 heterocycles. The van der Waals surface area contributed by atoms with Gasteiger partial charge in [-0.2, -0.15) is 0 Å². The summed E-state index contributed by atoms with van der Waals surface area (Å²) in [5, 5.41) is 0. The average Bonchev–Trinajstić information content (AvgIpc) is 2.83. The number of aromatic nitrogens is 3. The normalized spacial score (nSPS) is 16.9. The molecule has 0 spiro atoms. The Labute approximate surface area is 107 Å². The summed E-state index contributed by atoms with van der Waals surface area (Å²) in [6, 6.07) is 4.02. The molecule has 1 fully saturated rings. The van der Waals surface area contributed by atoms with E-state index in [1.165, 1.54) is 0 Å². The number of imidazole rings is 1. The molecule has 0 aliphatic carbocycles. The largest absolute Gasteiger partial charge is 0.381 e. The fraction of sp³-hybridized carbons (Fsp3) is 0.429. The van der Waals surface area contributed by atoms with Crippen molar-refractivity contribution in [3.8, 4) is 11.3 Å². The quantitative estimate of drug-likeness (QED) is 0.813. The van der Waals surface area contributed by atoms with E-state index in [0.717, 1.165) is 43.1 Å². The van der Waals surface area contributed by atoms with Crippen LogP contribution in [0.25, 0.3) is 11.3 Å². The van der Waals surface area contributed by atoms with E-state index < -0.39 is 0 Å². The molecular weight excluding hydrogens is 226 g/mol. The maximum absolute atomic E-state index is 5.41. The fourth-order valence-corrected chi connectivity index (χ4v) is 2.54. The van der Waals surface area contributed by atoms with Crippen molar-refractivity contribution in [1.29, 1.82) is 0 Å². The molecule has 2 aromatic rings. The van der Waals surface area contributed by atoms with Crippen LogP contribution in [0.5, 0.6) is 0 Å². The SMILES string of the molecule is Cn1c(-c2cccnc2)cnc1C1CCOCC1. The summed E-state index contributed by atoms with van der Waals surface area (Å²) in [7, 11) is 2.08. The van der Waals surface area contributed by atoms with Gasteiger partial charge in [0.1, 0.15) is 5.82 Å². The smallest absolute Gasteiger partial charge is 0.112 e. The Hall–Kier alpha value is -1.68. The van der Waals surface area contributed by atoms with Crippen LogP contribution >= 0.6 is 0 Å². The Kier molecular flexibility index (Phi) is 3.11. The zero-order chi connectivity index (χ0) is 12.4. The molecular formula is C14H17N3O. The topological polar surface area (TPSA) is 39.9 Å². The third-order valence-corrected chi connectivity index (χ3v) is 3.57. The summed E-state index contributed by atoms with van der Waals surface area (Å²) in [6.45, 7) is 1.69. The van der Waals surface area contributed by atoms with Gasteiger partial charge >= 0.3 is 0 Å². The molecule has 0 N–H and O–H groups in total. The van der Waals surface area contributed by atoms with E-state index in [9.17, 15) is 0 Å². The zero-order valence-electron chi connectivity index (χ0n) is 10.5. The molecule has 1 aliphatic heterocycles. The van der Waals surface area contributed by atoms with Gasteiger partial charge in [-0.25, -0.2) is 4.98 Å². The van der Waals surface area contributed by atoms with E-state index >= 15 is 0 Å². The summed E-state index contributed by atoms with van der Waals surface area (Å²) >= 11 is 0. The average molecular weight is 243 g/mol. The molecule has 0 atom stereocenters. The van der Waals surface area contributed by atoms with Gasteiger partial charge in [-0.3, -0.25) is 4.98 Å². The number of rotatable bonds is 2. The summed E-state index contributed by atoms with van der Waals surface area (Å²) < 4.78 is 7.59. The summed E-state index contributed by atoms with van der Waals surface area (Å²) in [6.07, 6.45) is 7.75. The monoisotopic (exact) mass is 243 g/mol. The highest BCUT2D eigenvalue weighted by atomic mass is 16.5. The second-order valence-electron chi connectivity index (χ2n) is 4.69. The summed E-state index contributed by atoms with van der Waals surface area (Å²) in [5.41, 5.74) is 2.25. The Bertz CT molecular complexity index is 515. The Morgan fingerprint density at radius 1 is 1.28 bits per heavy atom. The molecule has 0 aromatic carbocycles. The minimum absolute atomic E-state index is 0.522. The fourth-order valence-electron chi connectivity index (χ4n) is 2.54. The van der Waals surface area contributed by atoms with Crippen molar-refractivity contribution < 1.29 is 4.74 Å². The van der Waals surface area contributed by atoms with Crippen LogP contribution in [0.2, 0.25) is 0 Å². The Morgan fingerprint density at radius 2 is 2.11 bits per heavy atom. The van der Waals surface area contributed by atoms with Crippen LogP contribution < -0.4 is 0 Å². The second kappa shape index (κ2) is 4.90. The van der Waals surface area contributed by atoms with Gasteiger partial charge in [0.25, 0.3) is 0 Å². The van der Waals surface area contributed by atoms with Crippen molar-refractivity contribution in [3.63, 3.8) is 0 Å². The van der Waals surface area contributed by atoms with Gasteiger partial charge in [-0.1, -0.05) is 0 Å². The van der Waals surface area contributed by atoms with E-state index in [0.29, 0.717) is 5.92 Å². The first-order chi connectivity index (χ1) is 8.86. The standard InChI is InChI=1S/C14H17N3O/c1-17-13(12-3-2-6-15-9-12)10-16-14(17)11-4-7-18-8-5-11/h2-3,6,9-11H,4-5,7-8H2,1H3. The molecule has 4 nitrogen and oxygen atoms in total. The lowest BCUT2D eigenvalue weighted by Crippen LogP contribution is -2.17. The molecule has 0 radical (unpaired) electrons. The lowest BCUT2D eigenvalue weighted by atomic mass is 9.99. The van der Waals surface area contributed by atoms with Gasteiger partial charge in [0.05, 0.1) is 11.9 Å². The van der Waals surface area contributed by atoms with E-state index in [-0.39, 0.29) is 0 Å². The highest BCUT2D eigenvalue weighted by Crippen LogP contribution is 2.28. The van der Waals surface area contributed by atoms with E-state index in [1.54, 1.807) is 6.20 Å². The number of nitrogens with zero attached hydrogens (tertiary/aromatic N) is 3. The van der Waals surface area contributed by atoms with Crippen molar-refractivity contribution in [1.82, 2.24) is 14.5 Å². The predicted molar refractivity (Wildman–Crippen MR) is 69.2 cm³/mol. The molecule has 3 rings (SSSR count). The van der Waals surface area contributed by atoms with E-state index in [2.05, 4.69) is 27.6 Å². The van der Waals surface area contributed by atoms with Crippen LogP contribution in [-0.4, -0.2) is 27.7 Å². The van der Waals surface area contributed by atoms with Crippen molar-refractivity contribution in [3.05, 3.63) is 36.5 Å².